The molecule has 2 aromatic heterocycles. The number of nitrogens with two attached hydrogens (primary N) is 1. The number of nitrogens with zero attached hydrogens (tertiary/aromatic N) is 7. The van der Waals surface area contributed by atoms with E-state index < -0.39 is 35.4 Å². The van der Waals surface area contributed by atoms with Crippen LogP contribution in [0.2, 0.25) is 0 Å². The smallest absolute Gasteiger partial charge is 0.246 e. The molecule has 6 N–H and O–H groups in total. The van der Waals surface area contributed by atoms with Crippen LogP contribution in [-0.2, 0) is 24.0 Å². The number of aromatic nitrogens is 3. The van der Waals surface area contributed by atoms with Crippen molar-refractivity contribution in [2.45, 2.75) is 139 Å². The Labute approximate surface area is 449 Å². The summed E-state index contributed by atoms with van der Waals surface area (Å²) in [6.45, 7) is 17.3. The van der Waals surface area contributed by atoms with Gasteiger partial charge in [0.1, 0.15) is 22.9 Å². The standard InChI is InChI=1S/C56H75N11O6S2/c1-37(39-16-18-40(19-17-39)50-38(2)60-36-74-50)61-52(72)44-28-42(68)31-67(44)53(73)51(54(3,4)5)63-47(70)20-21-49(71)66-34-56(35-66)32-64(33-56)24-11-9-7-8-10-15-46(69)62-41-13-12-14-43(27-41)75-48-30-58-45(29-59-48)65-25-22-55(6,57)23-26-65/h12-14,16-21,27,29-30,36-37,42,44,51,68H,7-11,15,22-26,28,31-35,57H2,1-6H3,(H,61,72)(H,62,69)(H,63,70)/b21-20+/t37-,42+,44-,51+/m0/s1. The molecule has 75 heavy (non-hydrogen) atoms. The molecule has 5 amide bonds. The highest BCUT2D eigenvalue weighted by atomic mass is 32.2. The number of anilines is 2. The third-order valence-corrected chi connectivity index (χ3v) is 16.9. The van der Waals surface area contributed by atoms with Gasteiger partial charge in [-0.2, -0.15) is 0 Å². The number of hydrogen-bond donors (Lipinski definition) is 5. The lowest BCUT2D eigenvalue weighted by atomic mass is 9.72. The van der Waals surface area contributed by atoms with Gasteiger partial charge in [0.25, 0.3) is 0 Å². The second-order valence-electron chi connectivity index (χ2n) is 22.6. The zero-order chi connectivity index (χ0) is 53.5. The minimum Gasteiger partial charge on any atom is -0.391 e. The van der Waals surface area contributed by atoms with E-state index >= 15 is 0 Å². The molecule has 0 bridgehead atoms. The second-order valence-corrected chi connectivity index (χ2v) is 24.6. The summed E-state index contributed by atoms with van der Waals surface area (Å²) in [5.41, 5.74) is 11.0. The molecule has 2 aromatic carbocycles. The number of amides is 5. The van der Waals surface area contributed by atoms with Crippen LogP contribution in [0.5, 0.6) is 0 Å². The van der Waals surface area contributed by atoms with Crippen LogP contribution in [0.15, 0.2) is 88.5 Å². The van der Waals surface area contributed by atoms with Crippen LogP contribution in [0, 0.1) is 17.8 Å². The summed E-state index contributed by atoms with van der Waals surface area (Å²) >= 11 is 3.09. The normalized spacial score (nSPS) is 20.1. The van der Waals surface area contributed by atoms with E-state index in [1.54, 1.807) is 22.4 Å². The lowest BCUT2D eigenvalue weighted by molar-refractivity contribution is -0.154. The van der Waals surface area contributed by atoms with Crippen LogP contribution in [0.4, 0.5) is 11.5 Å². The van der Waals surface area contributed by atoms with E-state index in [4.69, 9.17) is 5.73 Å². The van der Waals surface area contributed by atoms with Gasteiger partial charge in [-0.3, -0.25) is 24.0 Å². The van der Waals surface area contributed by atoms with Gasteiger partial charge in [0.2, 0.25) is 29.5 Å². The lowest BCUT2D eigenvalue weighted by Crippen LogP contribution is -2.72. The molecule has 4 atom stereocenters. The number of likely N-dealkylation sites (tertiary alicyclic amines) is 3. The van der Waals surface area contributed by atoms with Crippen molar-refractivity contribution in [3.8, 4) is 10.4 Å². The summed E-state index contributed by atoms with van der Waals surface area (Å²) in [5, 5.41) is 20.3. The van der Waals surface area contributed by atoms with Gasteiger partial charge >= 0.3 is 0 Å². The first-order chi connectivity index (χ1) is 35.7. The number of hydrogen-bond acceptors (Lipinski definition) is 14. The zero-order valence-electron chi connectivity index (χ0n) is 44.3. The number of unbranched alkanes of at least 4 members (excludes halogenated alkanes) is 4. The fourth-order valence-corrected chi connectivity index (χ4v) is 12.1. The minimum atomic E-state index is -1.02. The Kier molecular flexibility index (Phi) is 17.8. The van der Waals surface area contributed by atoms with Crippen LogP contribution in [0.3, 0.4) is 0 Å². The zero-order valence-corrected chi connectivity index (χ0v) is 46.0. The van der Waals surface area contributed by atoms with Crippen molar-refractivity contribution in [1.29, 1.82) is 0 Å². The quantitative estimate of drug-likeness (QED) is 0.0459. The second kappa shape index (κ2) is 24.1. The molecular weight excluding hydrogens is 987 g/mol. The SMILES string of the molecule is Cc1ncsc1-c1ccc([C@H](C)NC(=O)[C@@H]2C[C@@H](O)CN2C(=O)[C@@H](NC(=O)/C=C/C(=O)N2CC3(CN(CCCCCCCC(=O)Nc4cccc(Sc5cnc(N6CCC(C)(N)CC6)cn5)c4)C3)C2)C(C)(C)C)cc1. The number of aryl methyl sites for hydroxylation is 1. The maximum Gasteiger partial charge on any atom is 0.246 e. The fraction of sp³-hybridized carbons (Fsp3) is 0.536. The molecule has 6 heterocycles. The van der Waals surface area contributed by atoms with Gasteiger partial charge in [0, 0.05) is 92.3 Å². The van der Waals surface area contributed by atoms with E-state index in [-0.39, 0.29) is 47.7 Å². The molecule has 4 aromatic rings. The molecule has 402 valence electrons. The summed E-state index contributed by atoms with van der Waals surface area (Å²) in [6.07, 6.45) is 12.6. The Balaban J connectivity index is 0.687. The maximum atomic E-state index is 14.1. The van der Waals surface area contributed by atoms with Crippen molar-refractivity contribution in [2.24, 2.45) is 16.6 Å². The highest BCUT2D eigenvalue weighted by molar-refractivity contribution is 7.99. The highest BCUT2D eigenvalue weighted by Crippen LogP contribution is 2.40. The largest absolute Gasteiger partial charge is 0.391 e. The van der Waals surface area contributed by atoms with E-state index in [0.29, 0.717) is 19.5 Å². The number of aliphatic hydroxyl groups excluding tert-OH is 1. The Morgan fingerprint density at radius 3 is 2.32 bits per heavy atom. The van der Waals surface area contributed by atoms with Crippen LogP contribution in [0.1, 0.15) is 110 Å². The molecule has 0 radical (unpaired) electrons. The van der Waals surface area contributed by atoms with Crippen molar-refractivity contribution in [1.82, 2.24) is 40.3 Å². The first-order valence-electron chi connectivity index (χ1n) is 26.5. The van der Waals surface area contributed by atoms with Crippen LogP contribution in [0.25, 0.3) is 10.4 Å². The molecule has 4 fully saturated rings. The molecule has 0 saturated carbocycles. The van der Waals surface area contributed by atoms with Gasteiger partial charge in [-0.1, -0.05) is 82.1 Å². The van der Waals surface area contributed by atoms with Gasteiger partial charge in [-0.15, -0.1) is 11.3 Å². The van der Waals surface area contributed by atoms with Crippen LogP contribution < -0.4 is 26.6 Å². The summed E-state index contributed by atoms with van der Waals surface area (Å²) in [6, 6.07) is 13.4. The van der Waals surface area contributed by atoms with E-state index in [2.05, 4.69) is 47.6 Å². The van der Waals surface area contributed by atoms with Crippen LogP contribution >= 0.6 is 23.1 Å². The summed E-state index contributed by atoms with van der Waals surface area (Å²) in [5.74, 6) is -0.813. The fourth-order valence-electron chi connectivity index (χ4n) is 10.5. The number of thiazole rings is 1. The molecule has 1 spiro atoms. The number of rotatable bonds is 20. The molecule has 4 aliphatic rings. The van der Waals surface area contributed by atoms with Gasteiger partial charge in [0.15, 0.2) is 0 Å². The van der Waals surface area contributed by atoms with Gasteiger partial charge < -0.3 is 46.4 Å². The first kappa shape index (κ1) is 55.5. The molecule has 4 saturated heterocycles. The molecule has 8 rings (SSSR count). The Bertz CT molecular complexity index is 2670. The van der Waals surface area contributed by atoms with Gasteiger partial charge in [0.05, 0.1) is 40.6 Å². The maximum absolute atomic E-state index is 14.1. The van der Waals surface area contributed by atoms with E-state index in [1.165, 1.54) is 28.8 Å². The molecule has 17 nitrogen and oxygen atoms in total. The van der Waals surface area contributed by atoms with Crippen molar-refractivity contribution in [2.75, 3.05) is 62.6 Å². The van der Waals surface area contributed by atoms with E-state index in [9.17, 15) is 29.1 Å². The predicted octanol–water partition coefficient (Wildman–Crippen LogP) is 6.73. The third kappa shape index (κ3) is 14.6. The number of β-amino-alcohol motifs (C(OH)–C–C–N with tert-alkyl or cyclic N) is 1. The number of aliphatic hydroxyl groups is 1. The summed E-state index contributed by atoms with van der Waals surface area (Å²) in [4.78, 5) is 90.5. The Morgan fingerprint density at radius 2 is 1.64 bits per heavy atom. The van der Waals surface area contributed by atoms with Crippen molar-refractivity contribution in [3.05, 3.63) is 89.8 Å². The molecular formula is C56H75N11O6S2. The van der Waals surface area contributed by atoms with Crippen molar-refractivity contribution >= 4 is 64.1 Å². The Hall–Kier alpha value is -5.73. The molecule has 0 unspecified atom stereocenters. The Morgan fingerprint density at radius 1 is 0.920 bits per heavy atom. The number of benzene rings is 2. The number of carbonyl (C=O) groups is 5. The molecule has 4 aliphatic heterocycles. The third-order valence-electron chi connectivity index (χ3n) is 15.0. The number of carbonyl (C=O) groups excluding carboxylic acids is 5. The summed E-state index contributed by atoms with van der Waals surface area (Å²) < 4.78 is 0. The monoisotopic (exact) mass is 1060 g/mol. The predicted molar refractivity (Wildman–Crippen MR) is 294 cm³/mol. The topological polar surface area (TPSA) is 219 Å². The first-order valence-corrected chi connectivity index (χ1v) is 28.2. The van der Waals surface area contributed by atoms with Crippen molar-refractivity contribution < 1.29 is 29.1 Å². The minimum absolute atomic E-state index is 0.0134. The number of nitrogens with one attached hydrogen (secondary N) is 3. The van der Waals surface area contributed by atoms with Crippen LogP contribution in [-0.4, -0.2) is 140 Å². The van der Waals surface area contributed by atoms with E-state index in [0.717, 1.165) is 121 Å². The highest BCUT2D eigenvalue weighted by Gasteiger charge is 2.52. The average molecular weight is 1060 g/mol. The van der Waals surface area contributed by atoms with Gasteiger partial charge in [-0.25, -0.2) is 15.0 Å². The molecule has 19 heteroatoms. The number of piperidine rings is 1. The van der Waals surface area contributed by atoms with Gasteiger partial charge in [-0.05, 0) is 87.7 Å². The average Bonchev–Trinajstić information content (AvgIpc) is 3.97. The van der Waals surface area contributed by atoms with E-state index in [1.807, 2.05) is 94.9 Å². The molecule has 0 aliphatic carbocycles. The summed E-state index contributed by atoms with van der Waals surface area (Å²) in [7, 11) is 0. The lowest BCUT2D eigenvalue weighted by Gasteiger charge is -2.60. The van der Waals surface area contributed by atoms with Crippen molar-refractivity contribution in [3.63, 3.8) is 0 Å².